The van der Waals surface area contributed by atoms with Crippen LogP contribution in [0.2, 0.25) is 0 Å². The molecule has 0 aromatic heterocycles. The summed E-state index contributed by atoms with van der Waals surface area (Å²) in [5.41, 5.74) is 0. The van der Waals surface area contributed by atoms with Crippen LogP contribution in [0.4, 0.5) is 0 Å². The third-order valence-corrected chi connectivity index (χ3v) is 7.47. The summed E-state index contributed by atoms with van der Waals surface area (Å²) in [5.74, 6) is -0.540. The minimum Gasteiger partial charge on any atom is -0.550 e. The Bertz CT molecular complexity index is 543. The minimum absolute atomic E-state index is 0.236. The van der Waals surface area contributed by atoms with Gasteiger partial charge < -0.3 is 19.1 Å². The molecule has 0 aromatic rings. The van der Waals surface area contributed by atoms with Crippen LogP contribution in [0, 0.1) is 5.92 Å². The van der Waals surface area contributed by atoms with Gasteiger partial charge in [0.25, 0.3) is 0 Å². The van der Waals surface area contributed by atoms with Crippen LogP contribution in [-0.4, -0.2) is 50.2 Å². The van der Waals surface area contributed by atoms with E-state index in [9.17, 15) is 14.7 Å². The molecule has 0 aliphatic carbocycles. The van der Waals surface area contributed by atoms with E-state index in [4.69, 9.17) is 4.74 Å². The predicted molar refractivity (Wildman–Crippen MR) is 154 cm³/mol. The first-order valence-electron chi connectivity index (χ1n) is 15.8. The average Bonchev–Trinajstić information content (AvgIpc) is 2.81. The molecule has 0 aliphatic rings. The minimum atomic E-state index is -1.17. The molecule has 0 saturated heterocycles. The number of ether oxygens (including phenoxy) is 1. The third-order valence-electron chi connectivity index (χ3n) is 7.47. The number of carbonyl (C=O) groups excluding carboxylic acids is 2. The second-order valence-corrected chi connectivity index (χ2v) is 12.6. The molecule has 0 radical (unpaired) electrons. The Balaban J connectivity index is 3.42. The Kier molecular flexibility index (Phi) is 23.3. The molecule has 2 unspecified atom stereocenters. The van der Waals surface area contributed by atoms with Crippen LogP contribution in [0.15, 0.2) is 0 Å². The van der Waals surface area contributed by atoms with E-state index >= 15 is 0 Å². The first-order valence-corrected chi connectivity index (χ1v) is 15.8. The number of nitrogens with zero attached hydrogens (tertiary/aromatic N) is 1. The molecule has 0 bridgehead atoms. The standard InChI is InChI=1S/C32H63NO4/c1-6-29(2)25-23-21-19-17-15-13-11-9-7-8-10-12-14-16-18-20-22-24-26-32(36)37-30(27-31(34)35)28-33(3,4)5/h29-30H,6-28H2,1-5H3. The van der Waals surface area contributed by atoms with Crippen LogP contribution in [-0.2, 0) is 14.3 Å². The van der Waals surface area contributed by atoms with Crippen molar-refractivity contribution in [1.29, 1.82) is 0 Å². The van der Waals surface area contributed by atoms with Gasteiger partial charge in [-0.2, -0.15) is 0 Å². The van der Waals surface area contributed by atoms with Crippen molar-refractivity contribution in [2.24, 2.45) is 5.92 Å². The highest BCUT2D eigenvalue weighted by Crippen LogP contribution is 2.17. The van der Waals surface area contributed by atoms with Crippen molar-refractivity contribution < 1.29 is 23.9 Å². The van der Waals surface area contributed by atoms with Crippen LogP contribution in [0.25, 0.3) is 0 Å². The van der Waals surface area contributed by atoms with E-state index in [1.807, 2.05) is 21.1 Å². The SMILES string of the molecule is CCC(C)CCCCCCCCCCCCCCCCCCCCC(=O)OC(CC(=O)[O-])C[N+](C)(C)C. The van der Waals surface area contributed by atoms with Crippen molar-refractivity contribution in [3.63, 3.8) is 0 Å². The maximum atomic E-state index is 12.1. The first kappa shape index (κ1) is 35.9. The third kappa shape index (κ3) is 27.7. The van der Waals surface area contributed by atoms with Gasteiger partial charge in [-0.15, -0.1) is 0 Å². The molecule has 0 N–H and O–H groups in total. The summed E-state index contributed by atoms with van der Waals surface area (Å²) in [4.78, 5) is 23.0. The maximum Gasteiger partial charge on any atom is 0.306 e. The smallest absolute Gasteiger partial charge is 0.306 e. The van der Waals surface area contributed by atoms with Crippen LogP contribution in [0.3, 0.4) is 0 Å². The summed E-state index contributed by atoms with van der Waals surface area (Å²) >= 11 is 0. The number of carboxylic acid groups (broad SMARTS) is 1. The summed E-state index contributed by atoms with van der Waals surface area (Å²) in [5, 5.41) is 10.9. The number of esters is 1. The lowest BCUT2D eigenvalue weighted by Gasteiger charge is -2.29. The van der Waals surface area contributed by atoms with Crippen LogP contribution in [0.1, 0.15) is 155 Å². The van der Waals surface area contributed by atoms with Gasteiger partial charge in [0.2, 0.25) is 0 Å². The summed E-state index contributed by atoms with van der Waals surface area (Å²) in [6.07, 6.45) is 26.1. The van der Waals surface area contributed by atoms with E-state index in [2.05, 4.69) is 13.8 Å². The van der Waals surface area contributed by atoms with Gasteiger partial charge >= 0.3 is 5.97 Å². The summed E-state index contributed by atoms with van der Waals surface area (Å²) < 4.78 is 5.95. The number of hydrogen-bond donors (Lipinski definition) is 0. The summed E-state index contributed by atoms with van der Waals surface area (Å²) in [7, 11) is 5.86. The molecule has 0 rings (SSSR count). The van der Waals surface area contributed by atoms with Crippen LogP contribution < -0.4 is 5.11 Å². The Morgan fingerprint density at radius 1 is 0.676 bits per heavy atom. The van der Waals surface area contributed by atoms with Gasteiger partial charge in [-0.3, -0.25) is 4.79 Å². The van der Waals surface area contributed by atoms with Gasteiger partial charge in [-0.05, 0) is 12.3 Å². The molecular formula is C32H63NO4. The molecule has 0 fully saturated rings. The number of unbranched alkanes of at least 4 members (excludes halogenated alkanes) is 17. The van der Waals surface area contributed by atoms with Crippen LogP contribution >= 0.6 is 0 Å². The van der Waals surface area contributed by atoms with Crippen molar-refractivity contribution in [3.05, 3.63) is 0 Å². The van der Waals surface area contributed by atoms with E-state index in [1.165, 1.54) is 109 Å². The largest absolute Gasteiger partial charge is 0.550 e. The van der Waals surface area contributed by atoms with Gasteiger partial charge in [-0.25, -0.2) is 0 Å². The first-order chi connectivity index (χ1) is 17.6. The monoisotopic (exact) mass is 525 g/mol. The molecule has 37 heavy (non-hydrogen) atoms. The second-order valence-electron chi connectivity index (χ2n) is 12.6. The maximum absolute atomic E-state index is 12.1. The lowest BCUT2D eigenvalue weighted by atomic mass is 9.99. The number of quaternary nitrogens is 1. The quantitative estimate of drug-likeness (QED) is 0.0629. The zero-order valence-corrected chi connectivity index (χ0v) is 25.5. The molecular weight excluding hydrogens is 462 g/mol. The second kappa shape index (κ2) is 24.0. The van der Waals surface area contributed by atoms with Gasteiger partial charge in [0.1, 0.15) is 6.54 Å². The normalized spacial score (nSPS) is 13.4. The molecule has 2 atom stereocenters. The van der Waals surface area contributed by atoms with E-state index < -0.39 is 12.1 Å². The topological polar surface area (TPSA) is 66.4 Å². The predicted octanol–water partition coefficient (Wildman–Crippen LogP) is 7.59. The van der Waals surface area contributed by atoms with Crippen molar-refractivity contribution in [2.45, 2.75) is 161 Å². The van der Waals surface area contributed by atoms with Crippen LogP contribution in [0.5, 0.6) is 0 Å². The molecule has 5 nitrogen and oxygen atoms in total. The zero-order valence-electron chi connectivity index (χ0n) is 25.5. The highest BCUT2D eigenvalue weighted by molar-refractivity contribution is 5.70. The molecule has 5 heteroatoms. The fourth-order valence-electron chi connectivity index (χ4n) is 4.98. The highest BCUT2D eigenvalue weighted by Gasteiger charge is 2.22. The Morgan fingerprint density at radius 2 is 1.05 bits per heavy atom. The van der Waals surface area contributed by atoms with Crippen molar-refractivity contribution >= 4 is 11.9 Å². The number of likely N-dealkylation sites (N-methyl/N-ethyl adjacent to an activating group) is 1. The number of aliphatic carboxylic acids is 1. The highest BCUT2D eigenvalue weighted by atomic mass is 16.5. The average molecular weight is 526 g/mol. The van der Waals surface area contributed by atoms with Crippen molar-refractivity contribution in [3.8, 4) is 0 Å². The van der Waals surface area contributed by atoms with Crippen molar-refractivity contribution in [2.75, 3.05) is 27.7 Å². The Labute approximate surface area is 230 Å². The molecule has 0 aliphatic heterocycles. The molecule has 220 valence electrons. The molecule has 0 amide bonds. The van der Waals surface area contributed by atoms with E-state index in [-0.39, 0.29) is 12.4 Å². The lowest BCUT2D eigenvalue weighted by Crippen LogP contribution is -2.45. The fraction of sp³-hybridized carbons (Fsp3) is 0.938. The number of carbonyl (C=O) groups is 2. The van der Waals surface area contributed by atoms with E-state index in [1.54, 1.807) is 0 Å². The summed E-state index contributed by atoms with van der Waals surface area (Å²) in [6.45, 7) is 5.15. The zero-order chi connectivity index (χ0) is 27.8. The summed E-state index contributed by atoms with van der Waals surface area (Å²) in [6, 6.07) is 0. The number of rotatable bonds is 27. The number of carboxylic acids is 1. The molecule has 0 heterocycles. The molecule has 0 spiro atoms. The van der Waals surface area contributed by atoms with Gasteiger partial charge in [0.05, 0.1) is 21.1 Å². The van der Waals surface area contributed by atoms with E-state index in [0.717, 1.165) is 25.2 Å². The molecule has 0 aromatic carbocycles. The van der Waals surface area contributed by atoms with Crippen molar-refractivity contribution in [1.82, 2.24) is 0 Å². The fourth-order valence-corrected chi connectivity index (χ4v) is 4.98. The Morgan fingerprint density at radius 3 is 1.41 bits per heavy atom. The van der Waals surface area contributed by atoms with Gasteiger partial charge in [0, 0.05) is 18.8 Å². The lowest BCUT2D eigenvalue weighted by molar-refractivity contribution is -0.873. The van der Waals surface area contributed by atoms with E-state index in [0.29, 0.717) is 17.4 Å². The van der Waals surface area contributed by atoms with Gasteiger partial charge in [0.15, 0.2) is 6.10 Å². The molecule has 0 saturated carbocycles. The number of hydrogen-bond acceptors (Lipinski definition) is 4. The van der Waals surface area contributed by atoms with Gasteiger partial charge in [-0.1, -0.05) is 136 Å². The Hall–Kier alpha value is -1.10.